The van der Waals surface area contributed by atoms with Crippen molar-refractivity contribution in [3.8, 4) is 0 Å². The highest BCUT2D eigenvalue weighted by Crippen LogP contribution is 2.65. The molecule has 6 heteroatoms. The van der Waals surface area contributed by atoms with E-state index in [0.29, 0.717) is 0 Å². The number of rotatable bonds is 7. The van der Waals surface area contributed by atoms with E-state index in [1.165, 1.54) is 28.2 Å². The lowest BCUT2D eigenvalue weighted by Gasteiger charge is -2.48. The quantitative estimate of drug-likeness (QED) is 0.301. The summed E-state index contributed by atoms with van der Waals surface area (Å²) >= 11 is 12.4. The fourth-order valence-corrected chi connectivity index (χ4v) is 14.1. The molecule has 0 saturated carbocycles. The summed E-state index contributed by atoms with van der Waals surface area (Å²) in [4.78, 5) is 0. The first kappa shape index (κ1) is 30.5. The van der Waals surface area contributed by atoms with Gasteiger partial charge in [-0.1, -0.05) is 80.5 Å². The van der Waals surface area contributed by atoms with Crippen LogP contribution in [0.15, 0.2) is 18.2 Å². The Morgan fingerprint density at radius 2 is 0.939 bits per heavy atom. The van der Waals surface area contributed by atoms with Crippen LogP contribution >= 0.6 is 70.6 Å². The van der Waals surface area contributed by atoms with Crippen LogP contribution < -0.4 is 0 Å². The van der Waals surface area contributed by atoms with Crippen molar-refractivity contribution in [3.05, 3.63) is 34.9 Å². The molecule has 1 aliphatic rings. The number of hydrogen-bond acceptors (Lipinski definition) is 6. The van der Waals surface area contributed by atoms with Gasteiger partial charge >= 0.3 is 0 Å². The van der Waals surface area contributed by atoms with E-state index in [9.17, 15) is 0 Å². The lowest BCUT2D eigenvalue weighted by Crippen LogP contribution is -2.38. The minimum Gasteiger partial charge on any atom is -0.142 e. The third kappa shape index (κ3) is 5.19. The standard InChI is InChI=1S/C27H46S6/c1-22(2,3)25(28-10,29-11)19-16-20(26(30-12,31-13)23(4,5)6)18-21(17-19)27(24(7,8)9)32-14-15-33-27/h16-18H,14-15H2,1-13H3. The summed E-state index contributed by atoms with van der Waals surface area (Å²) in [5.74, 6) is 2.46. The minimum absolute atomic E-state index is 0.00872. The second kappa shape index (κ2) is 10.6. The summed E-state index contributed by atoms with van der Waals surface area (Å²) in [7, 11) is 0. The van der Waals surface area contributed by atoms with Gasteiger partial charge < -0.3 is 0 Å². The molecule has 0 radical (unpaired) electrons. The van der Waals surface area contributed by atoms with Crippen molar-refractivity contribution in [2.45, 2.75) is 74.6 Å². The summed E-state index contributed by atoms with van der Waals surface area (Å²) in [6.45, 7) is 21.8. The summed E-state index contributed by atoms with van der Waals surface area (Å²) in [5.41, 5.74) is 4.89. The minimum atomic E-state index is -0.00872. The number of thioether (sulfide) groups is 6. The molecule has 0 aromatic heterocycles. The van der Waals surface area contributed by atoms with Crippen LogP contribution in [0.5, 0.6) is 0 Å². The van der Waals surface area contributed by atoms with Crippen molar-refractivity contribution in [2.75, 3.05) is 36.5 Å². The van der Waals surface area contributed by atoms with E-state index in [1.54, 1.807) is 0 Å². The van der Waals surface area contributed by atoms with Gasteiger partial charge in [0, 0.05) is 11.5 Å². The Bertz CT molecular complexity index is 698. The first-order valence-corrected chi connectivity index (χ1v) is 18.5. The van der Waals surface area contributed by atoms with E-state index in [1.807, 2.05) is 47.0 Å². The molecule has 0 N–H and O–H groups in total. The highest BCUT2D eigenvalue weighted by Gasteiger charge is 2.51. The largest absolute Gasteiger partial charge is 0.142 e. The molecule has 0 amide bonds. The topological polar surface area (TPSA) is 0 Å². The van der Waals surface area contributed by atoms with Gasteiger partial charge in [-0.3, -0.25) is 0 Å². The zero-order chi connectivity index (χ0) is 25.5. The van der Waals surface area contributed by atoms with E-state index in [2.05, 4.69) is 129 Å². The van der Waals surface area contributed by atoms with Gasteiger partial charge in [0.05, 0.1) is 12.2 Å². The Labute approximate surface area is 231 Å². The van der Waals surface area contributed by atoms with E-state index in [0.717, 1.165) is 0 Å². The van der Waals surface area contributed by atoms with Crippen molar-refractivity contribution in [1.29, 1.82) is 0 Å². The van der Waals surface area contributed by atoms with Crippen LogP contribution in [0.2, 0.25) is 0 Å². The van der Waals surface area contributed by atoms with Crippen LogP contribution in [0, 0.1) is 16.2 Å². The second-order valence-corrected chi connectivity index (χ2v) is 19.4. The van der Waals surface area contributed by atoms with Gasteiger partial charge in [0.1, 0.15) is 0 Å². The molecular formula is C27H46S6. The van der Waals surface area contributed by atoms with Crippen molar-refractivity contribution in [1.82, 2.24) is 0 Å². The molecule has 1 aliphatic heterocycles. The predicted octanol–water partition coefficient (Wildman–Crippen LogP) is 10.2. The van der Waals surface area contributed by atoms with Crippen LogP contribution in [0.4, 0.5) is 0 Å². The van der Waals surface area contributed by atoms with Crippen LogP contribution in [0.3, 0.4) is 0 Å². The molecule has 1 aromatic carbocycles. The SMILES string of the molecule is CSC(SC)(c1cc(C(SC)(SC)C(C)(C)C)cc(C2(C(C)(C)C)SCCS2)c1)C(C)(C)C. The zero-order valence-electron chi connectivity index (χ0n) is 23.1. The van der Waals surface area contributed by atoms with Gasteiger partial charge in [-0.15, -0.1) is 70.6 Å². The summed E-state index contributed by atoms with van der Waals surface area (Å²) in [6.07, 6.45) is 9.19. The molecule has 190 valence electrons. The molecule has 1 aromatic rings. The van der Waals surface area contributed by atoms with E-state index >= 15 is 0 Å². The van der Waals surface area contributed by atoms with Crippen molar-refractivity contribution >= 4 is 70.6 Å². The second-order valence-electron chi connectivity index (χ2n) is 11.9. The first-order valence-electron chi connectivity index (χ1n) is 11.7. The maximum Gasteiger partial charge on any atom is 0.0908 e. The van der Waals surface area contributed by atoms with Crippen molar-refractivity contribution in [2.24, 2.45) is 16.2 Å². The lowest BCUT2D eigenvalue weighted by molar-refractivity contribution is 0.361. The smallest absolute Gasteiger partial charge is 0.0908 e. The molecule has 0 unspecified atom stereocenters. The molecular weight excluding hydrogens is 517 g/mol. The Hall–Kier alpha value is 1.32. The first-order chi connectivity index (χ1) is 15.0. The number of hydrogen-bond donors (Lipinski definition) is 0. The van der Waals surface area contributed by atoms with E-state index in [4.69, 9.17) is 0 Å². The third-order valence-corrected chi connectivity index (χ3v) is 18.9. The molecule has 1 saturated heterocycles. The molecule has 0 aliphatic carbocycles. The Kier molecular flexibility index (Phi) is 9.80. The summed E-state index contributed by atoms with van der Waals surface area (Å²) in [5, 5.41) is 0. The molecule has 0 nitrogen and oxygen atoms in total. The van der Waals surface area contributed by atoms with Gasteiger partial charge in [-0.25, -0.2) is 0 Å². The average molecular weight is 563 g/mol. The zero-order valence-corrected chi connectivity index (χ0v) is 28.0. The van der Waals surface area contributed by atoms with Gasteiger partial charge in [0.2, 0.25) is 0 Å². The molecule has 2 rings (SSSR count). The molecule has 0 atom stereocenters. The fraction of sp³-hybridized carbons (Fsp3) is 0.778. The Morgan fingerprint density at radius 1 is 0.606 bits per heavy atom. The summed E-state index contributed by atoms with van der Waals surface area (Å²) < 4.78 is 0.0645. The van der Waals surface area contributed by atoms with Gasteiger partial charge in [0.25, 0.3) is 0 Å². The molecule has 1 fully saturated rings. The molecule has 1 heterocycles. The highest BCUT2D eigenvalue weighted by atomic mass is 32.2. The maximum atomic E-state index is 2.59. The highest BCUT2D eigenvalue weighted by molar-refractivity contribution is 8.20. The molecule has 0 spiro atoms. The van der Waals surface area contributed by atoms with Gasteiger partial charge in [0.15, 0.2) is 0 Å². The fourth-order valence-electron chi connectivity index (χ4n) is 5.37. The normalized spacial score (nSPS) is 18.1. The van der Waals surface area contributed by atoms with Crippen molar-refractivity contribution in [3.63, 3.8) is 0 Å². The Morgan fingerprint density at radius 3 is 1.18 bits per heavy atom. The summed E-state index contributed by atoms with van der Waals surface area (Å²) in [6, 6.07) is 7.75. The molecule has 33 heavy (non-hydrogen) atoms. The predicted molar refractivity (Wildman–Crippen MR) is 169 cm³/mol. The lowest BCUT2D eigenvalue weighted by atomic mass is 9.79. The number of benzene rings is 1. The van der Waals surface area contributed by atoms with E-state index in [-0.39, 0.29) is 28.5 Å². The van der Waals surface area contributed by atoms with Crippen LogP contribution in [-0.4, -0.2) is 36.5 Å². The van der Waals surface area contributed by atoms with Crippen LogP contribution in [0.1, 0.15) is 79.0 Å². The van der Waals surface area contributed by atoms with Gasteiger partial charge in [-0.2, -0.15) is 0 Å². The van der Waals surface area contributed by atoms with Gasteiger partial charge in [-0.05, 0) is 58.0 Å². The van der Waals surface area contributed by atoms with Crippen LogP contribution in [-0.2, 0) is 12.2 Å². The maximum absolute atomic E-state index is 2.59. The molecule has 0 bridgehead atoms. The Balaban J connectivity index is 3.03. The average Bonchev–Trinajstić information content (AvgIpc) is 3.20. The third-order valence-electron chi connectivity index (χ3n) is 6.88. The van der Waals surface area contributed by atoms with Crippen LogP contribution in [0.25, 0.3) is 0 Å². The van der Waals surface area contributed by atoms with E-state index < -0.39 is 0 Å². The monoisotopic (exact) mass is 562 g/mol. The van der Waals surface area contributed by atoms with Crippen molar-refractivity contribution < 1.29 is 0 Å².